The maximum Gasteiger partial charge on any atom is 0.150 e. The van der Waals surface area contributed by atoms with Crippen LogP contribution in [0.25, 0.3) is 0 Å². The molecule has 2 aromatic carbocycles. The molecule has 0 fully saturated rings. The fourth-order valence-electron chi connectivity index (χ4n) is 1.51. The molecule has 0 amide bonds. The molecule has 0 spiro atoms. The average Bonchev–Trinajstić information content (AvgIpc) is 2.31. The van der Waals surface area contributed by atoms with E-state index < -0.39 is 5.82 Å². The van der Waals surface area contributed by atoms with Gasteiger partial charge in [0, 0.05) is 11.6 Å². The van der Waals surface area contributed by atoms with Crippen molar-refractivity contribution in [3.63, 3.8) is 0 Å². The first-order chi connectivity index (χ1) is 8.19. The quantitative estimate of drug-likeness (QED) is 0.751. The molecule has 2 nitrogen and oxygen atoms in total. The molecule has 17 heavy (non-hydrogen) atoms. The van der Waals surface area contributed by atoms with Gasteiger partial charge in [0.2, 0.25) is 0 Å². The molecule has 2 rings (SSSR count). The van der Waals surface area contributed by atoms with Crippen LogP contribution in [0.3, 0.4) is 0 Å². The van der Waals surface area contributed by atoms with E-state index in [0.29, 0.717) is 17.8 Å². The summed E-state index contributed by atoms with van der Waals surface area (Å²) >= 11 is 0. The van der Waals surface area contributed by atoms with Crippen LogP contribution in [0.1, 0.15) is 15.9 Å². The van der Waals surface area contributed by atoms with Crippen molar-refractivity contribution in [3.8, 4) is 11.5 Å². The molecule has 0 aliphatic heterocycles. The summed E-state index contributed by atoms with van der Waals surface area (Å²) in [4.78, 5) is 10.6. The van der Waals surface area contributed by atoms with E-state index >= 15 is 0 Å². The zero-order chi connectivity index (χ0) is 12.3. The maximum atomic E-state index is 13.2. The van der Waals surface area contributed by atoms with Crippen LogP contribution in [0.15, 0.2) is 42.5 Å². The first-order valence-corrected chi connectivity index (χ1v) is 5.18. The fraction of sp³-hybridized carbons (Fsp3) is 0.0714. The Morgan fingerprint density at radius 1 is 1.18 bits per heavy atom. The van der Waals surface area contributed by atoms with E-state index in [-0.39, 0.29) is 5.56 Å². The van der Waals surface area contributed by atoms with Gasteiger partial charge in [-0.2, -0.15) is 0 Å². The van der Waals surface area contributed by atoms with E-state index in [0.717, 1.165) is 11.6 Å². The summed E-state index contributed by atoms with van der Waals surface area (Å²) in [5, 5.41) is 0. The van der Waals surface area contributed by atoms with Gasteiger partial charge in [-0.3, -0.25) is 4.79 Å². The number of rotatable bonds is 3. The second-order valence-corrected chi connectivity index (χ2v) is 3.71. The Bertz CT molecular complexity index is 550. The monoisotopic (exact) mass is 230 g/mol. The molecular formula is C14H11FO2. The SMILES string of the molecule is Cc1ccccc1Oc1cc(F)cc(C=O)c1. The zero-order valence-electron chi connectivity index (χ0n) is 9.31. The Kier molecular flexibility index (Phi) is 3.19. The lowest BCUT2D eigenvalue weighted by molar-refractivity contribution is 0.112. The summed E-state index contributed by atoms with van der Waals surface area (Å²) in [6.45, 7) is 1.90. The highest BCUT2D eigenvalue weighted by Crippen LogP contribution is 2.25. The minimum Gasteiger partial charge on any atom is -0.457 e. The van der Waals surface area contributed by atoms with Crippen molar-refractivity contribution in [3.05, 3.63) is 59.4 Å². The molecule has 0 aliphatic carbocycles. The molecule has 0 N–H and O–H groups in total. The molecule has 0 saturated heterocycles. The molecule has 0 aromatic heterocycles. The topological polar surface area (TPSA) is 26.3 Å². The molecule has 0 saturated carbocycles. The maximum absolute atomic E-state index is 13.2. The number of benzene rings is 2. The van der Waals surface area contributed by atoms with E-state index in [2.05, 4.69) is 0 Å². The Labute approximate surface area is 98.7 Å². The lowest BCUT2D eigenvalue weighted by Gasteiger charge is -2.08. The number of para-hydroxylation sites is 1. The van der Waals surface area contributed by atoms with Crippen molar-refractivity contribution < 1.29 is 13.9 Å². The molecule has 0 heterocycles. The van der Waals surface area contributed by atoms with E-state index in [1.807, 2.05) is 25.1 Å². The van der Waals surface area contributed by atoms with Crippen LogP contribution in [0.4, 0.5) is 4.39 Å². The number of hydrogen-bond donors (Lipinski definition) is 0. The minimum absolute atomic E-state index is 0.258. The first kappa shape index (κ1) is 11.3. The van der Waals surface area contributed by atoms with E-state index in [4.69, 9.17) is 4.74 Å². The van der Waals surface area contributed by atoms with Gasteiger partial charge in [-0.1, -0.05) is 18.2 Å². The summed E-state index contributed by atoms with van der Waals surface area (Å²) in [5.74, 6) is 0.481. The van der Waals surface area contributed by atoms with E-state index in [1.54, 1.807) is 6.07 Å². The summed E-state index contributed by atoms with van der Waals surface area (Å²) in [5.41, 5.74) is 1.21. The number of carbonyl (C=O) groups is 1. The number of aldehydes is 1. The van der Waals surface area contributed by atoms with Crippen LogP contribution >= 0.6 is 0 Å². The lowest BCUT2D eigenvalue weighted by atomic mass is 10.2. The van der Waals surface area contributed by atoms with Crippen LogP contribution in [-0.2, 0) is 0 Å². The van der Waals surface area contributed by atoms with Gasteiger partial charge >= 0.3 is 0 Å². The summed E-state index contributed by atoms with van der Waals surface area (Å²) < 4.78 is 18.7. The Balaban J connectivity index is 2.33. The molecule has 0 atom stereocenters. The van der Waals surface area contributed by atoms with Crippen LogP contribution in [0.2, 0.25) is 0 Å². The first-order valence-electron chi connectivity index (χ1n) is 5.18. The largest absolute Gasteiger partial charge is 0.457 e. The Hall–Kier alpha value is -2.16. The number of aryl methyl sites for hydroxylation is 1. The highest BCUT2D eigenvalue weighted by atomic mass is 19.1. The predicted molar refractivity (Wildman–Crippen MR) is 63.0 cm³/mol. The predicted octanol–water partition coefficient (Wildman–Crippen LogP) is 3.74. The molecule has 0 bridgehead atoms. The molecule has 2 aromatic rings. The highest BCUT2D eigenvalue weighted by molar-refractivity contribution is 5.75. The Morgan fingerprint density at radius 3 is 2.65 bits per heavy atom. The number of halogens is 1. The summed E-state index contributed by atoms with van der Waals surface area (Å²) in [7, 11) is 0. The van der Waals surface area contributed by atoms with Crippen molar-refractivity contribution in [2.24, 2.45) is 0 Å². The van der Waals surface area contributed by atoms with E-state index in [9.17, 15) is 9.18 Å². The van der Waals surface area contributed by atoms with Gasteiger partial charge in [0.15, 0.2) is 0 Å². The molecule has 86 valence electrons. The van der Waals surface area contributed by atoms with Crippen molar-refractivity contribution in [2.45, 2.75) is 6.92 Å². The van der Waals surface area contributed by atoms with Gasteiger partial charge < -0.3 is 4.74 Å². The third kappa shape index (κ3) is 2.69. The smallest absolute Gasteiger partial charge is 0.150 e. The van der Waals surface area contributed by atoms with Gasteiger partial charge in [-0.05, 0) is 30.7 Å². The number of carbonyl (C=O) groups excluding carboxylic acids is 1. The fourth-order valence-corrected chi connectivity index (χ4v) is 1.51. The summed E-state index contributed by atoms with van der Waals surface area (Å²) in [6, 6.07) is 11.3. The van der Waals surface area contributed by atoms with Crippen molar-refractivity contribution in [2.75, 3.05) is 0 Å². The van der Waals surface area contributed by atoms with Crippen molar-refractivity contribution >= 4 is 6.29 Å². The lowest BCUT2D eigenvalue weighted by Crippen LogP contribution is -1.90. The normalized spacial score (nSPS) is 10.0. The van der Waals surface area contributed by atoms with Crippen LogP contribution in [0.5, 0.6) is 11.5 Å². The second-order valence-electron chi connectivity index (χ2n) is 3.71. The molecule has 0 aliphatic rings. The zero-order valence-corrected chi connectivity index (χ0v) is 9.31. The minimum atomic E-state index is -0.488. The second kappa shape index (κ2) is 4.78. The Morgan fingerprint density at radius 2 is 1.94 bits per heavy atom. The number of hydrogen-bond acceptors (Lipinski definition) is 2. The van der Waals surface area contributed by atoms with Crippen LogP contribution in [0, 0.1) is 12.7 Å². The van der Waals surface area contributed by atoms with Crippen molar-refractivity contribution in [1.29, 1.82) is 0 Å². The standard InChI is InChI=1S/C14H11FO2/c1-10-4-2-3-5-14(10)17-13-7-11(9-16)6-12(15)8-13/h2-9H,1H3. The van der Waals surface area contributed by atoms with Crippen LogP contribution in [-0.4, -0.2) is 6.29 Å². The average molecular weight is 230 g/mol. The van der Waals surface area contributed by atoms with Gasteiger partial charge in [0.1, 0.15) is 23.6 Å². The molecule has 0 unspecified atom stereocenters. The van der Waals surface area contributed by atoms with Crippen molar-refractivity contribution in [1.82, 2.24) is 0 Å². The number of ether oxygens (including phenoxy) is 1. The molecule has 0 radical (unpaired) electrons. The molecule has 3 heteroatoms. The van der Waals surface area contributed by atoms with Crippen LogP contribution < -0.4 is 4.74 Å². The van der Waals surface area contributed by atoms with Gasteiger partial charge in [0.05, 0.1) is 0 Å². The van der Waals surface area contributed by atoms with Gasteiger partial charge in [-0.15, -0.1) is 0 Å². The third-order valence-corrected chi connectivity index (χ3v) is 2.35. The van der Waals surface area contributed by atoms with Gasteiger partial charge in [-0.25, -0.2) is 4.39 Å². The third-order valence-electron chi connectivity index (χ3n) is 2.35. The molecular weight excluding hydrogens is 219 g/mol. The van der Waals surface area contributed by atoms with E-state index in [1.165, 1.54) is 12.1 Å². The highest BCUT2D eigenvalue weighted by Gasteiger charge is 2.04. The van der Waals surface area contributed by atoms with Gasteiger partial charge in [0.25, 0.3) is 0 Å². The summed E-state index contributed by atoms with van der Waals surface area (Å²) in [6.07, 6.45) is 0.591.